The van der Waals surface area contributed by atoms with Crippen LogP contribution in [0.1, 0.15) is 49.8 Å². The summed E-state index contributed by atoms with van der Waals surface area (Å²) < 4.78 is 10.3. The predicted octanol–water partition coefficient (Wildman–Crippen LogP) is 3.01. The van der Waals surface area contributed by atoms with Crippen molar-refractivity contribution < 1.29 is 14.3 Å². The molecule has 1 aliphatic rings. The number of carbonyl (C=O) groups excluding carboxylic acids is 1. The number of aryl methyl sites for hydroxylation is 1. The van der Waals surface area contributed by atoms with Crippen molar-refractivity contribution in [2.75, 3.05) is 20.3 Å². The maximum Gasteiger partial charge on any atom is 0.305 e. The molecular weight excluding hydrogens is 266 g/mol. The van der Waals surface area contributed by atoms with Crippen LogP contribution >= 0.6 is 0 Å². The molecule has 0 aromatic heterocycles. The Hall–Kier alpha value is -1.55. The van der Waals surface area contributed by atoms with Gasteiger partial charge in [0.15, 0.2) is 0 Å². The van der Waals surface area contributed by atoms with E-state index in [9.17, 15) is 4.79 Å². The number of fused-ring (bicyclic) bond motifs is 1. The summed E-state index contributed by atoms with van der Waals surface area (Å²) in [5.74, 6) is 0.715. The molecule has 2 rings (SSSR count). The number of methoxy groups -OCH3 is 1. The van der Waals surface area contributed by atoms with Crippen molar-refractivity contribution in [3.05, 3.63) is 29.3 Å². The number of rotatable bonds is 8. The van der Waals surface area contributed by atoms with Crippen LogP contribution in [0.4, 0.5) is 0 Å². The number of nitrogens with one attached hydrogen (secondary N) is 1. The SMILES string of the molecule is CCCNC1CCc2cc(OCCCC(=O)OC)ccc21. The normalized spacial score (nSPS) is 16.6. The Kier molecular flexibility index (Phi) is 6.05. The fourth-order valence-electron chi connectivity index (χ4n) is 2.72. The first-order valence-electron chi connectivity index (χ1n) is 7.80. The number of esters is 1. The van der Waals surface area contributed by atoms with Gasteiger partial charge in [0.1, 0.15) is 5.75 Å². The zero-order valence-corrected chi connectivity index (χ0v) is 13.0. The number of carbonyl (C=O) groups is 1. The lowest BCUT2D eigenvalue weighted by Gasteiger charge is -2.14. The monoisotopic (exact) mass is 291 g/mol. The van der Waals surface area contributed by atoms with Crippen molar-refractivity contribution in [2.45, 2.75) is 45.1 Å². The Labute approximate surface area is 126 Å². The Morgan fingerprint density at radius 1 is 1.43 bits per heavy atom. The van der Waals surface area contributed by atoms with Gasteiger partial charge in [0, 0.05) is 12.5 Å². The molecule has 1 N–H and O–H groups in total. The Morgan fingerprint density at radius 3 is 3.05 bits per heavy atom. The summed E-state index contributed by atoms with van der Waals surface area (Å²) in [7, 11) is 1.41. The molecule has 1 aliphatic carbocycles. The summed E-state index contributed by atoms with van der Waals surface area (Å²) in [5.41, 5.74) is 2.79. The summed E-state index contributed by atoms with van der Waals surface area (Å²) in [5, 5.41) is 3.59. The fraction of sp³-hybridized carbons (Fsp3) is 0.588. The van der Waals surface area contributed by atoms with E-state index in [0.29, 0.717) is 25.5 Å². The van der Waals surface area contributed by atoms with E-state index < -0.39 is 0 Å². The molecule has 1 aromatic rings. The lowest BCUT2D eigenvalue weighted by atomic mass is 10.1. The minimum atomic E-state index is -0.183. The summed E-state index contributed by atoms with van der Waals surface area (Å²) in [6.07, 6.45) is 4.53. The first kappa shape index (κ1) is 15.8. The van der Waals surface area contributed by atoms with E-state index in [1.165, 1.54) is 24.7 Å². The second-order valence-corrected chi connectivity index (χ2v) is 5.43. The second kappa shape index (κ2) is 8.03. The molecule has 0 saturated heterocycles. The highest BCUT2D eigenvalue weighted by molar-refractivity contribution is 5.69. The molecule has 4 nitrogen and oxygen atoms in total. The van der Waals surface area contributed by atoms with Crippen LogP contribution in [0.15, 0.2) is 18.2 Å². The van der Waals surface area contributed by atoms with E-state index >= 15 is 0 Å². The van der Waals surface area contributed by atoms with Gasteiger partial charge in [-0.25, -0.2) is 0 Å². The molecule has 1 unspecified atom stereocenters. The van der Waals surface area contributed by atoms with Crippen molar-refractivity contribution in [3.63, 3.8) is 0 Å². The van der Waals surface area contributed by atoms with Gasteiger partial charge >= 0.3 is 5.97 Å². The van der Waals surface area contributed by atoms with E-state index in [-0.39, 0.29) is 5.97 Å². The van der Waals surface area contributed by atoms with Gasteiger partial charge in [-0.15, -0.1) is 0 Å². The maximum absolute atomic E-state index is 11.0. The molecule has 1 aromatic carbocycles. The van der Waals surface area contributed by atoms with Crippen LogP contribution in [0.25, 0.3) is 0 Å². The number of benzene rings is 1. The predicted molar refractivity (Wildman–Crippen MR) is 82.5 cm³/mol. The van der Waals surface area contributed by atoms with Crippen LogP contribution in [-0.2, 0) is 16.0 Å². The Bertz CT molecular complexity index is 473. The van der Waals surface area contributed by atoms with Gasteiger partial charge in [-0.2, -0.15) is 0 Å². The van der Waals surface area contributed by atoms with E-state index in [4.69, 9.17) is 4.74 Å². The minimum absolute atomic E-state index is 0.183. The molecule has 116 valence electrons. The highest BCUT2D eigenvalue weighted by Gasteiger charge is 2.21. The number of hydrogen-bond donors (Lipinski definition) is 1. The lowest BCUT2D eigenvalue weighted by molar-refractivity contribution is -0.140. The zero-order valence-electron chi connectivity index (χ0n) is 13.0. The molecule has 0 bridgehead atoms. The largest absolute Gasteiger partial charge is 0.494 e. The highest BCUT2D eigenvalue weighted by Crippen LogP contribution is 2.33. The van der Waals surface area contributed by atoms with E-state index in [1.807, 2.05) is 6.07 Å². The average molecular weight is 291 g/mol. The molecule has 0 saturated carbocycles. The average Bonchev–Trinajstić information content (AvgIpc) is 2.91. The van der Waals surface area contributed by atoms with Crippen LogP contribution in [0, 0.1) is 0 Å². The number of ether oxygens (including phenoxy) is 2. The van der Waals surface area contributed by atoms with Crippen LogP contribution in [0.2, 0.25) is 0 Å². The molecule has 0 fully saturated rings. The van der Waals surface area contributed by atoms with Crippen molar-refractivity contribution in [1.29, 1.82) is 0 Å². The Balaban J connectivity index is 1.83. The zero-order chi connectivity index (χ0) is 15.1. The Morgan fingerprint density at radius 2 is 2.29 bits per heavy atom. The molecular formula is C17H25NO3. The first-order chi connectivity index (χ1) is 10.2. The van der Waals surface area contributed by atoms with Crippen molar-refractivity contribution in [3.8, 4) is 5.75 Å². The molecule has 0 spiro atoms. The summed E-state index contributed by atoms with van der Waals surface area (Å²) in [4.78, 5) is 11.0. The molecule has 0 heterocycles. The smallest absolute Gasteiger partial charge is 0.305 e. The molecule has 4 heteroatoms. The topological polar surface area (TPSA) is 47.6 Å². The van der Waals surface area contributed by atoms with E-state index in [1.54, 1.807) is 0 Å². The third-order valence-electron chi connectivity index (χ3n) is 3.85. The van der Waals surface area contributed by atoms with Gasteiger partial charge in [-0.3, -0.25) is 4.79 Å². The third-order valence-corrected chi connectivity index (χ3v) is 3.85. The molecule has 0 radical (unpaired) electrons. The van der Waals surface area contributed by atoms with Gasteiger partial charge in [-0.1, -0.05) is 13.0 Å². The van der Waals surface area contributed by atoms with E-state index in [0.717, 1.165) is 25.1 Å². The molecule has 1 atom stereocenters. The summed E-state index contributed by atoms with van der Waals surface area (Å²) >= 11 is 0. The second-order valence-electron chi connectivity index (χ2n) is 5.43. The third kappa shape index (κ3) is 4.46. The fourth-order valence-corrected chi connectivity index (χ4v) is 2.72. The molecule has 0 aliphatic heterocycles. The van der Waals surface area contributed by atoms with E-state index in [2.05, 4.69) is 29.1 Å². The van der Waals surface area contributed by atoms with Crippen molar-refractivity contribution in [2.24, 2.45) is 0 Å². The molecule has 0 amide bonds. The van der Waals surface area contributed by atoms with Crippen molar-refractivity contribution in [1.82, 2.24) is 5.32 Å². The summed E-state index contributed by atoms with van der Waals surface area (Å²) in [6, 6.07) is 6.84. The van der Waals surface area contributed by atoms with Crippen molar-refractivity contribution >= 4 is 5.97 Å². The van der Waals surface area contributed by atoms with Crippen LogP contribution in [0.5, 0.6) is 5.75 Å². The first-order valence-corrected chi connectivity index (χ1v) is 7.80. The highest BCUT2D eigenvalue weighted by atomic mass is 16.5. The van der Waals surface area contributed by atoms with Gasteiger partial charge in [0.05, 0.1) is 13.7 Å². The van der Waals surface area contributed by atoms with Crippen LogP contribution in [-0.4, -0.2) is 26.2 Å². The van der Waals surface area contributed by atoms with Gasteiger partial charge in [-0.05, 0) is 55.5 Å². The van der Waals surface area contributed by atoms with Crippen LogP contribution in [0.3, 0.4) is 0 Å². The number of hydrogen-bond acceptors (Lipinski definition) is 4. The lowest BCUT2D eigenvalue weighted by Crippen LogP contribution is -2.19. The van der Waals surface area contributed by atoms with Gasteiger partial charge in [0.25, 0.3) is 0 Å². The quantitative estimate of drug-likeness (QED) is 0.591. The summed E-state index contributed by atoms with van der Waals surface area (Å²) in [6.45, 7) is 3.80. The van der Waals surface area contributed by atoms with Gasteiger partial charge in [0.2, 0.25) is 0 Å². The van der Waals surface area contributed by atoms with Crippen LogP contribution < -0.4 is 10.1 Å². The molecule has 21 heavy (non-hydrogen) atoms. The standard InChI is InChI=1S/C17H25NO3/c1-3-10-18-16-9-6-13-12-14(7-8-15(13)16)21-11-4-5-17(19)20-2/h7-8,12,16,18H,3-6,9-11H2,1-2H3. The van der Waals surface area contributed by atoms with Gasteiger partial charge < -0.3 is 14.8 Å². The minimum Gasteiger partial charge on any atom is -0.494 e. The maximum atomic E-state index is 11.0.